The number of aromatic amines is 2. The molecule has 0 saturated heterocycles. The lowest BCUT2D eigenvalue weighted by Crippen LogP contribution is -2.22. The average molecular weight is 394 g/mol. The standard InChI is InChI=1S/C21H19N5O.ClH/c27-21(23-11-13-3-2-8-22-10-13)14-6-7-18-17(9-14)16-5-1-4-15-12-24-26-19(15)20(16)25-18;/h2-3,6-10,12,25H,1,4-5,11H2,(H,23,27)(H,24,26);1H. The second-order valence-electron chi connectivity index (χ2n) is 6.91. The smallest absolute Gasteiger partial charge is 0.251 e. The van der Waals surface area contributed by atoms with Crippen molar-refractivity contribution in [1.82, 2.24) is 25.5 Å². The largest absolute Gasteiger partial charge is 0.353 e. The zero-order valence-electron chi connectivity index (χ0n) is 15.2. The van der Waals surface area contributed by atoms with E-state index in [4.69, 9.17) is 0 Å². The average Bonchev–Trinajstić information content (AvgIpc) is 3.27. The summed E-state index contributed by atoms with van der Waals surface area (Å²) in [6.45, 7) is 0.466. The molecule has 0 bridgehead atoms. The summed E-state index contributed by atoms with van der Waals surface area (Å²) < 4.78 is 0. The highest BCUT2D eigenvalue weighted by Crippen LogP contribution is 2.35. The van der Waals surface area contributed by atoms with Crippen molar-refractivity contribution in [3.63, 3.8) is 0 Å². The third-order valence-electron chi connectivity index (χ3n) is 5.18. The number of hydrogen-bond donors (Lipinski definition) is 3. The molecule has 1 amide bonds. The number of halogens is 1. The quantitative estimate of drug-likeness (QED) is 0.495. The number of nitrogens with one attached hydrogen (secondary N) is 3. The molecule has 3 N–H and O–H groups in total. The number of carbonyl (C=O) groups excluding carboxylic acids is 1. The van der Waals surface area contributed by atoms with E-state index in [1.807, 2.05) is 36.5 Å². The van der Waals surface area contributed by atoms with Crippen molar-refractivity contribution in [3.05, 3.63) is 71.2 Å². The van der Waals surface area contributed by atoms with Gasteiger partial charge in [0.15, 0.2) is 0 Å². The summed E-state index contributed by atoms with van der Waals surface area (Å²) in [4.78, 5) is 20.2. The monoisotopic (exact) mass is 393 g/mol. The van der Waals surface area contributed by atoms with Crippen LogP contribution in [0, 0.1) is 0 Å². The molecular formula is C21H20ClN5O. The summed E-state index contributed by atoms with van der Waals surface area (Å²) in [6, 6.07) is 9.66. The molecule has 0 radical (unpaired) electrons. The molecule has 0 aliphatic heterocycles. The van der Waals surface area contributed by atoms with E-state index in [0.29, 0.717) is 12.1 Å². The van der Waals surface area contributed by atoms with E-state index in [0.717, 1.165) is 47.1 Å². The van der Waals surface area contributed by atoms with Gasteiger partial charge < -0.3 is 10.3 Å². The molecule has 0 saturated carbocycles. The lowest BCUT2D eigenvalue weighted by molar-refractivity contribution is 0.0951. The Hall–Kier alpha value is -3.12. The van der Waals surface area contributed by atoms with Gasteiger partial charge >= 0.3 is 0 Å². The summed E-state index contributed by atoms with van der Waals surface area (Å²) in [6.07, 6.45) is 8.47. The van der Waals surface area contributed by atoms with Gasteiger partial charge in [0.25, 0.3) is 5.91 Å². The molecule has 4 aromatic rings. The van der Waals surface area contributed by atoms with Gasteiger partial charge in [-0.25, -0.2) is 0 Å². The predicted molar refractivity (Wildman–Crippen MR) is 111 cm³/mol. The summed E-state index contributed by atoms with van der Waals surface area (Å²) in [7, 11) is 0. The zero-order chi connectivity index (χ0) is 18.2. The van der Waals surface area contributed by atoms with E-state index < -0.39 is 0 Å². The van der Waals surface area contributed by atoms with Gasteiger partial charge in [0.05, 0.1) is 17.6 Å². The van der Waals surface area contributed by atoms with Crippen molar-refractivity contribution in [3.8, 4) is 11.4 Å². The Morgan fingerprint density at radius 1 is 1.14 bits per heavy atom. The van der Waals surface area contributed by atoms with Crippen molar-refractivity contribution in [2.75, 3.05) is 0 Å². The molecule has 0 fully saturated rings. The maximum atomic E-state index is 12.6. The van der Waals surface area contributed by atoms with Gasteiger partial charge in [-0.15, -0.1) is 12.4 Å². The number of hydrogen-bond acceptors (Lipinski definition) is 3. The van der Waals surface area contributed by atoms with Crippen LogP contribution in [0.4, 0.5) is 0 Å². The minimum atomic E-state index is -0.0773. The summed E-state index contributed by atoms with van der Waals surface area (Å²) in [5.74, 6) is -0.0773. The molecule has 5 rings (SSSR count). The fourth-order valence-corrected chi connectivity index (χ4v) is 3.82. The van der Waals surface area contributed by atoms with Gasteiger partial charge in [0, 0.05) is 35.4 Å². The Morgan fingerprint density at radius 3 is 2.93 bits per heavy atom. The molecule has 7 heteroatoms. The van der Waals surface area contributed by atoms with Crippen LogP contribution in [0.3, 0.4) is 0 Å². The summed E-state index contributed by atoms with van der Waals surface area (Å²) >= 11 is 0. The van der Waals surface area contributed by atoms with Crippen LogP contribution in [0.25, 0.3) is 22.3 Å². The lowest BCUT2D eigenvalue weighted by Gasteiger charge is -2.06. The second-order valence-corrected chi connectivity index (χ2v) is 6.91. The van der Waals surface area contributed by atoms with Crippen molar-refractivity contribution in [2.45, 2.75) is 25.8 Å². The Balaban J connectivity index is 0.00000192. The number of rotatable bonds is 3. The van der Waals surface area contributed by atoms with Gasteiger partial charge in [-0.05, 0) is 60.2 Å². The minimum absolute atomic E-state index is 0. The van der Waals surface area contributed by atoms with Crippen molar-refractivity contribution in [2.24, 2.45) is 0 Å². The Morgan fingerprint density at radius 2 is 2.07 bits per heavy atom. The number of fused-ring (bicyclic) bond motifs is 5. The first-order valence-corrected chi connectivity index (χ1v) is 9.14. The predicted octanol–water partition coefficient (Wildman–Crippen LogP) is 3.79. The van der Waals surface area contributed by atoms with E-state index >= 15 is 0 Å². The number of carbonyl (C=O) groups is 1. The van der Waals surface area contributed by atoms with E-state index in [9.17, 15) is 4.79 Å². The minimum Gasteiger partial charge on any atom is -0.353 e. The van der Waals surface area contributed by atoms with Gasteiger partial charge in [-0.3, -0.25) is 14.9 Å². The van der Waals surface area contributed by atoms with Crippen LogP contribution in [-0.2, 0) is 19.4 Å². The second kappa shape index (κ2) is 7.48. The van der Waals surface area contributed by atoms with Crippen LogP contribution in [-0.4, -0.2) is 26.1 Å². The molecule has 142 valence electrons. The summed E-state index contributed by atoms with van der Waals surface area (Å²) in [5, 5.41) is 11.4. The van der Waals surface area contributed by atoms with Gasteiger partial charge in [-0.2, -0.15) is 5.10 Å². The van der Waals surface area contributed by atoms with Gasteiger partial charge in [0.2, 0.25) is 0 Å². The molecular weight excluding hydrogens is 374 g/mol. The third-order valence-corrected chi connectivity index (χ3v) is 5.18. The van der Waals surface area contributed by atoms with Crippen molar-refractivity contribution >= 4 is 29.2 Å². The van der Waals surface area contributed by atoms with E-state index in [-0.39, 0.29) is 18.3 Å². The number of nitrogens with zero attached hydrogens (tertiary/aromatic N) is 2. The van der Waals surface area contributed by atoms with Crippen molar-refractivity contribution in [1.29, 1.82) is 0 Å². The normalized spacial score (nSPS) is 12.6. The third kappa shape index (κ3) is 3.16. The number of amides is 1. The molecule has 0 atom stereocenters. The van der Waals surface area contributed by atoms with E-state index in [1.54, 1.807) is 12.4 Å². The lowest BCUT2D eigenvalue weighted by atomic mass is 10.0. The molecule has 3 aromatic heterocycles. The number of benzene rings is 1. The molecule has 0 spiro atoms. The first kappa shape index (κ1) is 18.3. The maximum absolute atomic E-state index is 12.6. The molecule has 1 aliphatic carbocycles. The van der Waals surface area contributed by atoms with Crippen LogP contribution >= 0.6 is 12.4 Å². The van der Waals surface area contributed by atoms with E-state index in [1.165, 1.54) is 11.1 Å². The topological polar surface area (TPSA) is 86.5 Å². The SMILES string of the molecule is Cl.O=C(NCc1cccnc1)c1ccc2[nH]c3c(c2c1)CCCc1cn[nH]c1-3. The fourth-order valence-electron chi connectivity index (χ4n) is 3.82. The number of aryl methyl sites for hydroxylation is 2. The number of H-pyrrole nitrogens is 2. The molecule has 0 unspecified atom stereocenters. The number of aromatic nitrogens is 4. The molecule has 1 aromatic carbocycles. The van der Waals surface area contributed by atoms with Crippen LogP contribution in [0.2, 0.25) is 0 Å². The maximum Gasteiger partial charge on any atom is 0.251 e. The first-order valence-electron chi connectivity index (χ1n) is 9.14. The highest BCUT2D eigenvalue weighted by molar-refractivity contribution is 6.00. The van der Waals surface area contributed by atoms with Crippen LogP contribution in [0.1, 0.15) is 33.5 Å². The first-order chi connectivity index (χ1) is 13.3. The highest BCUT2D eigenvalue weighted by atomic mass is 35.5. The molecule has 1 aliphatic rings. The fraction of sp³-hybridized carbons (Fsp3) is 0.190. The molecule has 6 nitrogen and oxygen atoms in total. The van der Waals surface area contributed by atoms with Crippen LogP contribution < -0.4 is 5.32 Å². The highest BCUT2D eigenvalue weighted by Gasteiger charge is 2.21. The van der Waals surface area contributed by atoms with Crippen molar-refractivity contribution < 1.29 is 4.79 Å². The Kier molecular flexibility index (Phi) is 4.88. The molecule has 3 heterocycles. The number of pyridine rings is 1. The van der Waals surface area contributed by atoms with E-state index in [2.05, 4.69) is 25.5 Å². The van der Waals surface area contributed by atoms with Gasteiger partial charge in [-0.1, -0.05) is 6.07 Å². The Bertz CT molecular complexity index is 1130. The van der Waals surface area contributed by atoms with Crippen LogP contribution in [0.5, 0.6) is 0 Å². The molecule has 28 heavy (non-hydrogen) atoms. The summed E-state index contributed by atoms with van der Waals surface area (Å²) in [5.41, 5.74) is 7.37. The van der Waals surface area contributed by atoms with Gasteiger partial charge in [0.1, 0.15) is 0 Å². The zero-order valence-corrected chi connectivity index (χ0v) is 16.0. The van der Waals surface area contributed by atoms with Crippen LogP contribution in [0.15, 0.2) is 48.9 Å². The Labute approximate surface area is 168 Å².